The lowest BCUT2D eigenvalue weighted by atomic mass is 9.94. The molecule has 0 saturated heterocycles. The van der Waals surface area contributed by atoms with Crippen molar-refractivity contribution < 1.29 is 9.18 Å². The molecule has 2 rings (SSSR count). The van der Waals surface area contributed by atoms with Gasteiger partial charge in [0, 0.05) is 12.6 Å². The predicted molar refractivity (Wildman–Crippen MR) is 87.2 cm³/mol. The molecular weight excluding hydrogens is 279 g/mol. The summed E-state index contributed by atoms with van der Waals surface area (Å²) >= 11 is 0. The third-order valence-corrected chi connectivity index (χ3v) is 4.52. The van der Waals surface area contributed by atoms with Crippen LogP contribution < -0.4 is 5.32 Å². The average molecular weight is 306 g/mol. The minimum atomic E-state index is -0.310. The standard InChI is InChI=1S/C18H27FN2O/c1-21(16-9-3-2-4-10-16)13-7-12-20-18(22)14-15-8-5-6-11-17(15)19/h5-6,8,11,16H,2-4,7,9-10,12-14H2,1H3,(H,20,22). The summed E-state index contributed by atoms with van der Waals surface area (Å²) in [5, 5.41) is 2.88. The molecule has 1 aromatic rings. The highest BCUT2D eigenvalue weighted by Crippen LogP contribution is 2.21. The largest absolute Gasteiger partial charge is 0.356 e. The number of amides is 1. The molecule has 0 atom stereocenters. The Hall–Kier alpha value is -1.42. The van der Waals surface area contributed by atoms with Gasteiger partial charge in [0.25, 0.3) is 0 Å². The van der Waals surface area contributed by atoms with Crippen molar-refractivity contribution in [3.05, 3.63) is 35.6 Å². The lowest BCUT2D eigenvalue weighted by Crippen LogP contribution is -2.36. The van der Waals surface area contributed by atoms with Gasteiger partial charge in [-0.15, -0.1) is 0 Å². The minimum Gasteiger partial charge on any atom is -0.356 e. The molecule has 3 nitrogen and oxygen atoms in total. The van der Waals surface area contributed by atoms with E-state index in [1.54, 1.807) is 18.2 Å². The van der Waals surface area contributed by atoms with Gasteiger partial charge in [-0.05, 0) is 44.5 Å². The van der Waals surface area contributed by atoms with Crippen LogP contribution in [0.5, 0.6) is 0 Å². The molecule has 0 aromatic heterocycles. The van der Waals surface area contributed by atoms with Gasteiger partial charge in [-0.1, -0.05) is 37.5 Å². The van der Waals surface area contributed by atoms with Crippen molar-refractivity contribution in [1.82, 2.24) is 10.2 Å². The first-order valence-corrected chi connectivity index (χ1v) is 8.37. The van der Waals surface area contributed by atoms with E-state index in [0.717, 1.165) is 13.0 Å². The van der Waals surface area contributed by atoms with Crippen LogP contribution >= 0.6 is 0 Å². The summed E-state index contributed by atoms with van der Waals surface area (Å²) in [6.07, 6.45) is 7.71. The molecule has 4 heteroatoms. The monoisotopic (exact) mass is 306 g/mol. The molecule has 1 aliphatic rings. The van der Waals surface area contributed by atoms with Gasteiger partial charge in [0.15, 0.2) is 0 Å². The number of benzene rings is 1. The van der Waals surface area contributed by atoms with E-state index in [2.05, 4.69) is 17.3 Å². The SMILES string of the molecule is CN(CCCNC(=O)Cc1ccccc1F)C1CCCCC1. The smallest absolute Gasteiger partial charge is 0.224 e. The molecule has 22 heavy (non-hydrogen) atoms. The molecular formula is C18H27FN2O. The number of hydrogen-bond donors (Lipinski definition) is 1. The molecule has 1 aliphatic carbocycles. The summed E-state index contributed by atoms with van der Waals surface area (Å²) in [5.74, 6) is -0.417. The fourth-order valence-corrected chi connectivity index (χ4v) is 3.14. The van der Waals surface area contributed by atoms with Gasteiger partial charge >= 0.3 is 0 Å². The minimum absolute atomic E-state index is 0.106. The summed E-state index contributed by atoms with van der Waals surface area (Å²) in [4.78, 5) is 14.2. The van der Waals surface area contributed by atoms with Gasteiger partial charge < -0.3 is 10.2 Å². The maximum atomic E-state index is 13.5. The van der Waals surface area contributed by atoms with Crippen molar-refractivity contribution >= 4 is 5.91 Å². The Morgan fingerprint density at radius 3 is 2.73 bits per heavy atom. The first kappa shape index (κ1) is 16.9. The van der Waals surface area contributed by atoms with Crippen LogP contribution in [0.4, 0.5) is 4.39 Å². The fraction of sp³-hybridized carbons (Fsp3) is 0.611. The molecule has 0 spiro atoms. The van der Waals surface area contributed by atoms with E-state index in [0.29, 0.717) is 18.2 Å². The maximum absolute atomic E-state index is 13.5. The summed E-state index contributed by atoms with van der Waals surface area (Å²) in [5.41, 5.74) is 0.458. The van der Waals surface area contributed by atoms with E-state index in [1.165, 1.54) is 38.2 Å². The first-order chi connectivity index (χ1) is 10.7. The highest BCUT2D eigenvalue weighted by atomic mass is 19.1. The Balaban J connectivity index is 1.61. The molecule has 0 unspecified atom stereocenters. The van der Waals surface area contributed by atoms with E-state index in [9.17, 15) is 9.18 Å². The number of nitrogens with one attached hydrogen (secondary N) is 1. The fourth-order valence-electron chi connectivity index (χ4n) is 3.14. The van der Waals surface area contributed by atoms with Crippen LogP contribution in [0.2, 0.25) is 0 Å². The zero-order valence-corrected chi connectivity index (χ0v) is 13.5. The molecule has 0 aliphatic heterocycles. The van der Waals surface area contributed by atoms with Gasteiger partial charge in [0.05, 0.1) is 6.42 Å². The van der Waals surface area contributed by atoms with Crippen LogP contribution in [-0.2, 0) is 11.2 Å². The van der Waals surface area contributed by atoms with Crippen molar-refractivity contribution in [2.75, 3.05) is 20.1 Å². The number of carbonyl (C=O) groups excluding carboxylic acids is 1. The van der Waals surface area contributed by atoms with Crippen molar-refractivity contribution in [2.24, 2.45) is 0 Å². The molecule has 0 heterocycles. The van der Waals surface area contributed by atoms with Crippen LogP contribution in [0.3, 0.4) is 0 Å². The van der Waals surface area contributed by atoms with Gasteiger partial charge in [-0.25, -0.2) is 4.39 Å². The van der Waals surface area contributed by atoms with E-state index in [4.69, 9.17) is 0 Å². The van der Waals surface area contributed by atoms with E-state index in [1.807, 2.05) is 0 Å². The molecule has 122 valence electrons. The number of carbonyl (C=O) groups is 1. The molecule has 0 bridgehead atoms. The highest BCUT2D eigenvalue weighted by Gasteiger charge is 2.17. The Morgan fingerprint density at radius 2 is 2.00 bits per heavy atom. The molecule has 1 saturated carbocycles. The zero-order chi connectivity index (χ0) is 15.8. The van der Waals surface area contributed by atoms with Crippen molar-refractivity contribution in [3.8, 4) is 0 Å². The van der Waals surface area contributed by atoms with Crippen molar-refractivity contribution in [2.45, 2.75) is 51.0 Å². The molecule has 1 N–H and O–H groups in total. The van der Waals surface area contributed by atoms with E-state index in [-0.39, 0.29) is 18.1 Å². The average Bonchev–Trinajstić information content (AvgIpc) is 2.54. The zero-order valence-electron chi connectivity index (χ0n) is 13.5. The highest BCUT2D eigenvalue weighted by molar-refractivity contribution is 5.78. The van der Waals surface area contributed by atoms with Crippen LogP contribution in [0.1, 0.15) is 44.1 Å². The van der Waals surface area contributed by atoms with Crippen LogP contribution in [0.25, 0.3) is 0 Å². The van der Waals surface area contributed by atoms with Gasteiger partial charge in [-0.2, -0.15) is 0 Å². The van der Waals surface area contributed by atoms with Gasteiger partial charge in [-0.3, -0.25) is 4.79 Å². The lowest BCUT2D eigenvalue weighted by Gasteiger charge is -2.31. The second-order valence-corrected chi connectivity index (χ2v) is 6.24. The Morgan fingerprint density at radius 1 is 1.27 bits per heavy atom. The summed E-state index contributed by atoms with van der Waals surface area (Å²) in [7, 11) is 2.18. The lowest BCUT2D eigenvalue weighted by molar-refractivity contribution is -0.120. The van der Waals surface area contributed by atoms with Gasteiger partial charge in [0.2, 0.25) is 5.91 Å². The summed E-state index contributed by atoms with van der Waals surface area (Å²) < 4.78 is 13.5. The second-order valence-electron chi connectivity index (χ2n) is 6.24. The quantitative estimate of drug-likeness (QED) is 0.785. The first-order valence-electron chi connectivity index (χ1n) is 8.37. The van der Waals surface area contributed by atoms with Crippen LogP contribution in [-0.4, -0.2) is 37.0 Å². The Labute approximate surface area is 132 Å². The third-order valence-electron chi connectivity index (χ3n) is 4.52. The number of nitrogens with zero attached hydrogens (tertiary/aromatic N) is 1. The normalized spacial score (nSPS) is 16.0. The van der Waals surface area contributed by atoms with Crippen LogP contribution in [0, 0.1) is 5.82 Å². The van der Waals surface area contributed by atoms with Gasteiger partial charge in [0.1, 0.15) is 5.82 Å². The predicted octanol–water partition coefficient (Wildman–Crippen LogP) is 3.14. The number of halogens is 1. The third kappa shape index (κ3) is 5.41. The van der Waals surface area contributed by atoms with Crippen LogP contribution in [0.15, 0.2) is 24.3 Å². The molecule has 1 amide bonds. The molecule has 1 fully saturated rings. The Bertz CT molecular complexity index is 472. The summed E-state index contributed by atoms with van der Waals surface area (Å²) in [6, 6.07) is 7.15. The number of rotatable bonds is 7. The van der Waals surface area contributed by atoms with Crippen molar-refractivity contribution in [3.63, 3.8) is 0 Å². The molecule has 0 radical (unpaired) electrons. The number of hydrogen-bond acceptors (Lipinski definition) is 2. The summed E-state index contributed by atoms with van der Waals surface area (Å²) in [6.45, 7) is 1.66. The van der Waals surface area contributed by atoms with E-state index >= 15 is 0 Å². The topological polar surface area (TPSA) is 32.3 Å². The van der Waals surface area contributed by atoms with E-state index < -0.39 is 0 Å². The molecule has 1 aromatic carbocycles. The maximum Gasteiger partial charge on any atom is 0.224 e. The van der Waals surface area contributed by atoms with Crippen molar-refractivity contribution in [1.29, 1.82) is 0 Å². The Kier molecular flexibility index (Phi) is 6.84. The second kappa shape index (κ2) is 8.89.